The zero-order valence-electron chi connectivity index (χ0n) is 14.1. The fourth-order valence-electron chi connectivity index (χ4n) is 3.53. The number of carbonyl (C=O) groups excluding carboxylic acids is 1. The quantitative estimate of drug-likeness (QED) is 0.787. The lowest BCUT2D eigenvalue weighted by Crippen LogP contribution is -2.37. The lowest BCUT2D eigenvalue weighted by atomic mass is 9.99. The fraction of sp³-hybridized carbons (Fsp3) is 0.824. The average Bonchev–Trinajstić information content (AvgIpc) is 3.12. The summed E-state index contributed by atoms with van der Waals surface area (Å²) in [4.78, 5) is 14.6. The summed E-state index contributed by atoms with van der Waals surface area (Å²) in [6, 6.07) is 0.235. The second-order valence-electron chi connectivity index (χ2n) is 7.26. The summed E-state index contributed by atoms with van der Waals surface area (Å²) in [6.07, 6.45) is 7.22. The van der Waals surface area contributed by atoms with Crippen molar-refractivity contribution in [3.63, 3.8) is 0 Å². The van der Waals surface area contributed by atoms with Crippen molar-refractivity contribution >= 4 is 5.91 Å². The van der Waals surface area contributed by atoms with Gasteiger partial charge < -0.3 is 14.4 Å². The third-order valence-corrected chi connectivity index (χ3v) is 5.28. The molecule has 1 atom stereocenters. The van der Waals surface area contributed by atoms with Gasteiger partial charge in [0.15, 0.2) is 0 Å². The van der Waals surface area contributed by atoms with Crippen LogP contribution in [0.4, 0.5) is 0 Å². The molecule has 3 heterocycles. The monoisotopic (exact) mass is 334 g/mol. The molecule has 1 aromatic heterocycles. The smallest absolute Gasteiger partial charge is 0.225 e. The molecule has 1 aliphatic carbocycles. The molecule has 2 aliphatic heterocycles. The van der Waals surface area contributed by atoms with Gasteiger partial charge in [-0.3, -0.25) is 4.79 Å². The summed E-state index contributed by atoms with van der Waals surface area (Å²) in [5, 5.41) is 8.45. The van der Waals surface area contributed by atoms with Gasteiger partial charge in [-0.25, -0.2) is 4.68 Å². The van der Waals surface area contributed by atoms with E-state index in [-0.39, 0.29) is 17.9 Å². The fourth-order valence-corrected chi connectivity index (χ4v) is 3.53. The summed E-state index contributed by atoms with van der Waals surface area (Å²) >= 11 is 0. The van der Waals surface area contributed by atoms with Crippen LogP contribution in [0.1, 0.15) is 43.8 Å². The van der Waals surface area contributed by atoms with E-state index in [0.29, 0.717) is 19.8 Å². The van der Waals surface area contributed by atoms with E-state index in [4.69, 9.17) is 9.47 Å². The van der Waals surface area contributed by atoms with Crippen LogP contribution in [0, 0.1) is 11.8 Å². The molecule has 0 N–H and O–H groups in total. The van der Waals surface area contributed by atoms with Crippen molar-refractivity contribution in [2.45, 2.75) is 44.8 Å². The second kappa shape index (κ2) is 7.19. The van der Waals surface area contributed by atoms with Gasteiger partial charge in [-0.1, -0.05) is 5.21 Å². The van der Waals surface area contributed by atoms with Crippen molar-refractivity contribution in [2.24, 2.45) is 11.8 Å². The number of carbonyl (C=O) groups is 1. The molecule has 1 amide bonds. The van der Waals surface area contributed by atoms with E-state index in [1.54, 1.807) is 0 Å². The maximum atomic E-state index is 12.6. The first-order valence-electron chi connectivity index (χ1n) is 9.14. The third-order valence-electron chi connectivity index (χ3n) is 5.28. The van der Waals surface area contributed by atoms with Gasteiger partial charge >= 0.3 is 0 Å². The minimum absolute atomic E-state index is 0.139. The van der Waals surface area contributed by atoms with Crippen LogP contribution in [0.3, 0.4) is 0 Å². The number of nitrogens with zero attached hydrogens (tertiary/aromatic N) is 4. The molecule has 24 heavy (non-hydrogen) atoms. The minimum atomic E-state index is 0.139. The van der Waals surface area contributed by atoms with Crippen LogP contribution in [-0.4, -0.2) is 58.7 Å². The van der Waals surface area contributed by atoms with E-state index in [1.807, 2.05) is 15.8 Å². The minimum Gasteiger partial charge on any atom is -0.381 e. The molecule has 0 radical (unpaired) electrons. The Morgan fingerprint density at radius 2 is 2.08 bits per heavy atom. The van der Waals surface area contributed by atoms with E-state index >= 15 is 0 Å². The van der Waals surface area contributed by atoms with E-state index in [9.17, 15) is 4.79 Å². The maximum absolute atomic E-state index is 12.6. The molecule has 3 aliphatic rings. The highest BCUT2D eigenvalue weighted by Crippen LogP contribution is 2.29. The Hall–Kier alpha value is -1.47. The van der Waals surface area contributed by atoms with Gasteiger partial charge in [0.1, 0.15) is 5.69 Å². The highest BCUT2D eigenvalue weighted by Gasteiger charge is 2.33. The molecular formula is C17H26N4O3. The second-order valence-corrected chi connectivity index (χ2v) is 7.26. The van der Waals surface area contributed by atoms with Crippen LogP contribution in [-0.2, 0) is 20.9 Å². The molecule has 0 bridgehead atoms. The highest BCUT2D eigenvalue weighted by molar-refractivity contribution is 5.79. The lowest BCUT2D eigenvalue weighted by Gasteiger charge is -2.26. The van der Waals surface area contributed by atoms with Gasteiger partial charge in [-0.2, -0.15) is 0 Å². The van der Waals surface area contributed by atoms with Gasteiger partial charge in [0.25, 0.3) is 0 Å². The third kappa shape index (κ3) is 3.78. The van der Waals surface area contributed by atoms with Crippen LogP contribution in [0.15, 0.2) is 6.20 Å². The zero-order valence-corrected chi connectivity index (χ0v) is 14.1. The van der Waals surface area contributed by atoms with Gasteiger partial charge in [0, 0.05) is 38.8 Å². The number of amides is 1. The van der Waals surface area contributed by atoms with Crippen LogP contribution in [0.25, 0.3) is 0 Å². The predicted octanol–water partition coefficient (Wildman–Crippen LogP) is 1.40. The lowest BCUT2D eigenvalue weighted by molar-refractivity contribution is -0.137. The number of aromatic nitrogens is 3. The summed E-state index contributed by atoms with van der Waals surface area (Å²) in [7, 11) is 0. The molecule has 132 valence electrons. The van der Waals surface area contributed by atoms with Crippen molar-refractivity contribution in [3.05, 3.63) is 11.9 Å². The van der Waals surface area contributed by atoms with Crippen LogP contribution in [0.5, 0.6) is 0 Å². The Labute approximate surface area is 142 Å². The van der Waals surface area contributed by atoms with Gasteiger partial charge in [-0.15, -0.1) is 5.10 Å². The van der Waals surface area contributed by atoms with Gasteiger partial charge in [0.2, 0.25) is 5.91 Å². The van der Waals surface area contributed by atoms with E-state index in [0.717, 1.165) is 50.6 Å². The molecule has 7 nitrogen and oxygen atoms in total. The SMILES string of the molecule is O=C(C1CCOCC1)N1CCC(n2cc(COCC3CC3)nn2)C1. The number of rotatable bonds is 6. The highest BCUT2D eigenvalue weighted by atomic mass is 16.5. The van der Waals surface area contributed by atoms with Crippen LogP contribution < -0.4 is 0 Å². The molecule has 0 aromatic carbocycles. The normalized spacial score (nSPS) is 25.3. The Bertz CT molecular complexity index is 566. The Balaban J connectivity index is 1.27. The van der Waals surface area contributed by atoms with Crippen molar-refractivity contribution in [2.75, 3.05) is 32.9 Å². The summed E-state index contributed by atoms with van der Waals surface area (Å²) in [5.41, 5.74) is 0.879. The van der Waals surface area contributed by atoms with E-state index < -0.39 is 0 Å². The summed E-state index contributed by atoms with van der Waals surface area (Å²) in [6.45, 7) is 4.34. The number of likely N-dealkylation sites (tertiary alicyclic amines) is 1. The molecule has 2 saturated heterocycles. The van der Waals surface area contributed by atoms with Gasteiger partial charge in [-0.05, 0) is 38.0 Å². The van der Waals surface area contributed by atoms with Crippen molar-refractivity contribution in [1.82, 2.24) is 19.9 Å². The standard InChI is InChI=1S/C17H26N4O3/c22-17(14-4-7-23-8-5-14)20-6-3-16(10-20)21-9-15(18-19-21)12-24-11-13-1-2-13/h9,13-14,16H,1-8,10-12H2. The molecule has 4 rings (SSSR count). The Morgan fingerprint density at radius 1 is 1.25 bits per heavy atom. The first-order valence-corrected chi connectivity index (χ1v) is 9.14. The zero-order chi connectivity index (χ0) is 16.4. The molecule has 7 heteroatoms. The Morgan fingerprint density at radius 3 is 2.88 bits per heavy atom. The van der Waals surface area contributed by atoms with Crippen molar-refractivity contribution in [3.8, 4) is 0 Å². The van der Waals surface area contributed by atoms with Gasteiger partial charge in [0.05, 0.1) is 18.8 Å². The van der Waals surface area contributed by atoms with E-state index in [1.165, 1.54) is 12.8 Å². The van der Waals surface area contributed by atoms with E-state index in [2.05, 4.69) is 10.3 Å². The number of hydrogen-bond donors (Lipinski definition) is 0. The number of hydrogen-bond acceptors (Lipinski definition) is 5. The molecule has 1 aromatic rings. The van der Waals surface area contributed by atoms with Crippen molar-refractivity contribution < 1.29 is 14.3 Å². The Kier molecular flexibility index (Phi) is 4.80. The number of ether oxygens (including phenoxy) is 2. The molecule has 1 saturated carbocycles. The molecule has 0 spiro atoms. The predicted molar refractivity (Wildman–Crippen MR) is 86.2 cm³/mol. The van der Waals surface area contributed by atoms with Crippen LogP contribution in [0.2, 0.25) is 0 Å². The molecule has 1 unspecified atom stereocenters. The first kappa shape index (κ1) is 16.0. The van der Waals surface area contributed by atoms with Crippen LogP contribution >= 0.6 is 0 Å². The first-order chi connectivity index (χ1) is 11.8. The maximum Gasteiger partial charge on any atom is 0.225 e. The largest absolute Gasteiger partial charge is 0.381 e. The summed E-state index contributed by atoms with van der Waals surface area (Å²) in [5.74, 6) is 1.19. The van der Waals surface area contributed by atoms with Crippen molar-refractivity contribution in [1.29, 1.82) is 0 Å². The summed E-state index contributed by atoms with van der Waals surface area (Å²) < 4.78 is 12.9. The topological polar surface area (TPSA) is 69.5 Å². The molecule has 3 fully saturated rings. The average molecular weight is 334 g/mol. The molecular weight excluding hydrogens is 308 g/mol.